The molecule has 7 nitrogen and oxygen atoms in total. The second kappa shape index (κ2) is 5.29. The third-order valence-electron chi connectivity index (χ3n) is 2.90. The van der Waals surface area contributed by atoms with E-state index in [0.29, 0.717) is 23.6 Å². The molecule has 0 aliphatic heterocycles. The Morgan fingerprint density at radius 3 is 2.60 bits per heavy atom. The minimum Gasteiger partial charge on any atom is -0.465 e. The number of anilines is 1. The van der Waals surface area contributed by atoms with Crippen LogP contribution in [0.4, 0.5) is 5.82 Å². The van der Waals surface area contributed by atoms with Crippen molar-refractivity contribution in [3.8, 4) is 0 Å². The number of nitrogens with one attached hydrogen (secondary N) is 2. The first kappa shape index (κ1) is 14.6. The molecule has 0 aliphatic carbocycles. The SMILES string of the molecule is CNCc1c(C)oc(C)c1S(=O)(=O)Nc1ccn(C)n1. The van der Waals surface area contributed by atoms with Crippen LogP contribution in [0.2, 0.25) is 0 Å². The molecule has 0 atom stereocenters. The lowest BCUT2D eigenvalue weighted by atomic mass is 10.2. The monoisotopic (exact) mass is 298 g/mol. The quantitative estimate of drug-likeness (QED) is 0.864. The van der Waals surface area contributed by atoms with E-state index in [1.165, 1.54) is 4.68 Å². The minimum atomic E-state index is -3.72. The smallest absolute Gasteiger partial charge is 0.266 e. The van der Waals surface area contributed by atoms with E-state index in [4.69, 9.17) is 4.42 Å². The average Bonchev–Trinajstić information content (AvgIpc) is 2.84. The molecule has 110 valence electrons. The minimum absolute atomic E-state index is 0.176. The maximum atomic E-state index is 12.5. The highest BCUT2D eigenvalue weighted by atomic mass is 32.2. The van der Waals surface area contributed by atoms with Gasteiger partial charge in [-0.25, -0.2) is 8.42 Å². The molecule has 0 spiro atoms. The molecule has 0 fully saturated rings. The van der Waals surface area contributed by atoms with Crippen molar-refractivity contribution in [2.24, 2.45) is 7.05 Å². The molecule has 20 heavy (non-hydrogen) atoms. The van der Waals surface area contributed by atoms with Gasteiger partial charge in [0.05, 0.1) is 0 Å². The van der Waals surface area contributed by atoms with E-state index in [-0.39, 0.29) is 10.7 Å². The molecule has 2 N–H and O–H groups in total. The number of furan rings is 1. The van der Waals surface area contributed by atoms with Gasteiger partial charge in [-0.1, -0.05) is 0 Å². The first-order valence-corrected chi connectivity index (χ1v) is 7.59. The second-order valence-electron chi connectivity index (χ2n) is 4.53. The first-order chi connectivity index (χ1) is 9.35. The van der Waals surface area contributed by atoms with Gasteiger partial charge in [0.15, 0.2) is 5.82 Å². The molecule has 0 unspecified atom stereocenters. The Bertz CT molecular complexity index is 715. The number of hydrogen-bond acceptors (Lipinski definition) is 5. The molecule has 0 radical (unpaired) electrons. The summed E-state index contributed by atoms with van der Waals surface area (Å²) in [5.74, 6) is 1.25. The van der Waals surface area contributed by atoms with E-state index < -0.39 is 10.0 Å². The van der Waals surface area contributed by atoms with Crippen LogP contribution in [0.5, 0.6) is 0 Å². The lowest BCUT2D eigenvalue weighted by molar-refractivity contribution is 0.494. The molecule has 8 heteroatoms. The zero-order valence-corrected chi connectivity index (χ0v) is 12.7. The zero-order chi connectivity index (χ0) is 14.9. The molecule has 0 saturated carbocycles. The van der Waals surface area contributed by atoms with Gasteiger partial charge in [0, 0.05) is 31.4 Å². The Morgan fingerprint density at radius 1 is 1.35 bits per heavy atom. The van der Waals surface area contributed by atoms with E-state index in [0.717, 1.165) is 0 Å². The van der Waals surface area contributed by atoms with E-state index in [2.05, 4.69) is 15.1 Å². The Morgan fingerprint density at radius 2 is 2.05 bits per heavy atom. The number of aromatic nitrogens is 2. The van der Waals surface area contributed by atoms with Gasteiger partial charge in [0.2, 0.25) is 0 Å². The van der Waals surface area contributed by atoms with Crippen molar-refractivity contribution >= 4 is 15.8 Å². The first-order valence-electron chi connectivity index (χ1n) is 6.11. The van der Waals surface area contributed by atoms with Crippen molar-refractivity contribution in [3.05, 3.63) is 29.3 Å². The van der Waals surface area contributed by atoms with Crippen LogP contribution in [-0.2, 0) is 23.6 Å². The molecule has 2 aromatic rings. The molecule has 0 aromatic carbocycles. The Balaban J connectivity index is 2.43. The van der Waals surface area contributed by atoms with Crippen molar-refractivity contribution in [1.82, 2.24) is 15.1 Å². The number of hydrogen-bond donors (Lipinski definition) is 2. The number of nitrogens with zero attached hydrogens (tertiary/aromatic N) is 2. The molecule has 0 amide bonds. The number of aryl methyl sites for hydroxylation is 3. The van der Waals surface area contributed by atoms with Gasteiger partial charge in [-0.3, -0.25) is 9.40 Å². The van der Waals surface area contributed by atoms with Crippen LogP contribution in [0.3, 0.4) is 0 Å². The normalized spacial score (nSPS) is 11.8. The molecule has 0 bridgehead atoms. The second-order valence-corrected chi connectivity index (χ2v) is 6.15. The molecular formula is C12H18N4O3S. The predicted octanol–water partition coefficient (Wildman–Crippen LogP) is 1.15. The average molecular weight is 298 g/mol. The van der Waals surface area contributed by atoms with Crippen LogP contribution < -0.4 is 10.0 Å². The maximum absolute atomic E-state index is 12.5. The zero-order valence-electron chi connectivity index (χ0n) is 11.9. The summed E-state index contributed by atoms with van der Waals surface area (Å²) in [4.78, 5) is 0.176. The lowest BCUT2D eigenvalue weighted by Crippen LogP contribution is -2.17. The number of rotatable bonds is 5. The maximum Gasteiger partial charge on any atom is 0.266 e. The molecule has 2 heterocycles. The van der Waals surface area contributed by atoms with Crippen molar-refractivity contribution in [2.75, 3.05) is 11.8 Å². The van der Waals surface area contributed by atoms with Gasteiger partial charge in [-0.2, -0.15) is 5.10 Å². The third kappa shape index (κ3) is 2.70. The summed E-state index contributed by atoms with van der Waals surface area (Å²) in [6, 6.07) is 1.59. The summed E-state index contributed by atoms with van der Waals surface area (Å²) >= 11 is 0. The van der Waals surface area contributed by atoms with Crippen molar-refractivity contribution in [1.29, 1.82) is 0 Å². The lowest BCUT2D eigenvalue weighted by Gasteiger charge is -2.07. The van der Waals surface area contributed by atoms with E-state index in [9.17, 15) is 8.42 Å². The van der Waals surface area contributed by atoms with E-state index >= 15 is 0 Å². The highest BCUT2D eigenvalue weighted by molar-refractivity contribution is 7.92. The summed E-state index contributed by atoms with van der Waals surface area (Å²) in [7, 11) is -0.248. The van der Waals surface area contributed by atoms with Crippen molar-refractivity contribution in [2.45, 2.75) is 25.3 Å². The number of sulfonamides is 1. The largest absolute Gasteiger partial charge is 0.465 e. The van der Waals surface area contributed by atoms with Crippen LogP contribution in [0.1, 0.15) is 17.1 Å². The van der Waals surface area contributed by atoms with Crippen LogP contribution >= 0.6 is 0 Å². The fraction of sp³-hybridized carbons (Fsp3) is 0.417. The molecular weight excluding hydrogens is 280 g/mol. The van der Waals surface area contributed by atoms with Gasteiger partial charge in [-0.05, 0) is 20.9 Å². The van der Waals surface area contributed by atoms with Crippen LogP contribution in [0.25, 0.3) is 0 Å². The topological polar surface area (TPSA) is 89.2 Å². The Kier molecular flexibility index (Phi) is 3.87. The molecule has 2 aromatic heterocycles. The third-order valence-corrected chi connectivity index (χ3v) is 4.45. The summed E-state index contributed by atoms with van der Waals surface area (Å²) in [5, 5.41) is 6.96. The van der Waals surface area contributed by atoms with Crippen LogP contribution in [0.15, 0.2) is 21.6 Å². The van der Waals surface area contributed by atoms with Crippen molar-refractivity contribution in [3.63, 3.8) is 0 Å². The van der Waals surface area contributed by atoms with E-state index in [1.54, 1.807) is 40.2 Å². The van der Waals surface area contributed by atoms with Gasteiger partial charge in [0.1, 0.15) is 16.4 Å². The van der Waals surface area contributed by atoms with Crippen LogP contribution in [-0.4, -0.2) is 25.2 Å². The fourth-order valence-electron chi connectivity index (χ4n) is 2.10. The van der Waals surface area contributed by atoms with Gasteiger partial charge < -0.3 is 9.73 Å². The predicted molar refractivity (Wildman–Crippen MR) is 75.0 cm³/mol. The van der Waals surface area contributed by atoms with Gasteiger partial charge in [-0.15, -0.1) is 0 Å². The summed E-state index contributed by atoms with van der Waals surface area (Å²) in [6.45, 7) is 3.81. The van der Waals surface area contributed by atoms with Gasteiger partial charge >= 0.3 is 0 Å². The molecule has 0 aliphatic rings. The van der Waals surface area contributed by atoms with Gasteiger partial charge in [0.25, 0.3) is 10.0 Å². The standard InChI is InChI=1S/C12H18N4O3S/c1-8-10(7-13-3)12(9(2)19-8)20(17,18)15-11-5-6-16(4)14-11/h5-6,13H,7H2,1-4H3,(H,14,15). The summed E-state index contributed by atoms with van der Waals surface area (Å²) < 4.78 is 34.4. The molecule has 2 rings (SSSR count). The van der Waals surface area contributed by atoms with Crippen LogP contribution in [0, 0.1) is 13.8 Å². The summed E-state index contributed by atoms with van der Waals surface area (Å²) in [5.41, 5.74) is 0.633. The Hall–Kier alpha value is -1.80. The highest BCUT2D eigenvalue weighted by Gasteiger charge is 2.27. The van der Waals surface area contributed by atoms with E-state index in [1.807, 2.05) is 0 Å². The summed E-state index contributed by atoms with van der Waals surface area (Å²) in [6.07, 6.45) is 1.67. The Labute approximate surface area is 118 Å². The van der Waals surface area contributed by atoms with Crippen molar-refractivity contribution < 1.29 is 12.8 Å². The fourth-order valence-corrected chi connectivity index (χ4v) is 3.55. The highest BCUT2D eigenvalue weighted by Crippen LogP contribution is 2.27. The molecule has 0 saturated heterocycles.